The summed E-state index contributed by atoms with van der Waals surface area (Å²) >= 11 is 0. The molecular weight excluding hydrogens is 224 g/mol. The highest BCUT2D eigenvalue weighted by atomic mass is 16.3. The number of para-hydroxylation sites is 1. The quantitative estimate of drug-likeness (QED) is 0.861. The third kappa shape index (κ3) is 2.88. The van der Waals surface area contributed by atoms with Crippen LogP contribution in [0, 0.1) is 11.3 Å². The third-order valence-corrected chi connectivity index (χ3v) is 2.75. The van der Waals surface area contributed by atoms with Gasteiger partial charge in [-0.05, 0) is 23.8 Å². The number of hydrogen-bond acceptors (Lipinski definition) is 3. The zero-order chi connectivity index (χ0) is 12.8. The number of benzene rings is 2. The van der Waals surface area contributed by atoms with Crippen molar-refractivity contribution in [3.05, 3.63) is 65.2 Å². The molecule has 0 heterocycles. The van der Waals surface area contributed by atoms with Crippen molar-refractivity contribution in [1.82, 2.24) is 0 Å². The van der Waals surface area contributed by atoms with Crippen LogP contribution in [0.1, 0.15) is 16.7 Å². The second kappa shape index (κ2) is 5.85. The van der Waals surface area contributed by atoms with Gasteiger partial charge in [0.05, 0.1) is 18.2 Å². The molecule has 0 unspecified atom stereocenters. The Morgan fingerprint density at radius 3 is 2.44 bits per heavy atom. The molecule has 90 valence electrons. The largest absolute Gasteiger partial charge is 0.392 e. The molecule has 0 saturated heterocycles. The highest BCUT2D eigenvalue weighted by Gasteiger charge is 2.00. The predicted molar refractivity (Wildman–Crippen MR) is 70.8 cm³/mol. The van der Waals surface area contributed by atoms with Crippen molar-refractivity contribution in [3.8, 4) is 6.07 Å². The number of nitrogens with zero attached hydrogens (tertiary/aromatic N) is 1. The molecule has 0 aromatic heterocycles. The van der Waals surface area contributed by atoms with Crippen LogP contribution < -0.4 is 5.32 Å². The van der Waals surface area contributed by atoms with Gasteiger partial charge in [-0.25, -0.2) is 0 Å². The molecule has 2 rings (SSSR count). The number of nitriles is 1. The van der Waals surface area contributed by atoms with Gasteiger partial charge in [0.15, 0.2) is 0 Å². The van der Waals surface area contributed by atoms with Crippen LogP contribution in [-0.4, -0.2) is 5.11 Å². The standard InChI is InChI=1S/C15H14N2O/c16-9-12-5-7-13(8-6-12)10-17-15-4-2-1-3-14(15)11-18/h1-8,17-18H,10-11H2. The molecule has 0 radical (unpaired) electrons. The van der Waals surface area contributed by atoms with E-state index >= 15 is 0 Å². The zero-order valence-electron chi connectivity index (χ0n) is 9.93. The summed E-state index contributed by atoms with van der Waals surface area (Å²) in [6.07, 6.45) is 0. The number of aliphatic hydroxyl groups is 1. The van der Waals surface area contributed by atoms with Gasteiger partial charge in [-0.1, -0.05) is 30.3 Å². The fraction of sp³-hybridized carbons (Fsp3) is 0.133. The Labute approximate surface area is 106 Å². The number of hydrogen-bond donors (Lipinski definition) is 2. The van der Waals surface area contributed by atoms with Crippen LogP contribution in [0.3, 0.4) is 0 Å². The lowest BCUT2D eigenvalue weighted by molar-refractivity contribution is 0.282. The van der Waals surface area contributed by atoms with Crippen molar-refractivity contribution in [2.45, 2.75) is 13.2 Å². The Kier molecular flexibility index (Phi) is 3.95. The van der Waals surface area contributed by atoms with Gasteiger partial charge in [0.25, 0.3) is 0 Å². The van der Waals surface area contributed by atoms with Crippen LogP contribution in [0.25, 0.3) is 0 Å². The molecule has 2 aromatic rings. The summed E-state index contributed by atoms with van der Waals surface area (Å²) in [5.74, 6) is 0. The average Bonchev–Trinajstić information content (AvgIpc) is 2.46. The molecule has 0 bridgehead atoms. The monoisotopic (exact) mass is 238 g/mol. The Morgan fingerprint density at radius 1 is 1.06 bits per heavy atom. The Hall–Kier alpha value is -2.31. The molecule has 2 aromatic carbocycles. The first-order valence-corrected chi connectivity index (χ1v) is 5.75. The van der Waals surface area contributed by atoms with Gasteiger partial charge in [-0.2, -0.15) is 5.26 Å². The van der Waals surface area contributed by atoms with Crippen molar-refractivity contribution in [1.29, 1.82) is 5.26 Å². The van der Waals surface area contributed by atoms with Crippen LogP contribution in [-0.2, 0) is 13.2 Å². The van der Waals surface area contributed by atoms with Crippen molar-refractivity contribution in [2.24, 2.45) is 0 Å². The Bertz CT molecular complexity index is 555. The summed E-state index contributed by atoms with van der Waals surface area (Å²) in [6.45, 7) is 0.694. The molecule has 0 saturated carbocycles. The van der Waals surface area contributed by atoms with Crippen LogP contribution in [0.5, 0.6) is 0 Å². The first kappa shape index (κ1) is 12.2. The van der Waals surface area contributed by atoms with E-state index in [-0.39, 0.29) is 6.61 Å². The molecular formula is C15H14N2O. The molecule has 0 fully saturated rings. The van der Waals surface area contributed by atoms with E-state index in [9.17, 15) is 5.11 Å². The summed E-state index contributed by atoms with van der Waals surface area (Å²) in [4.78, 5) is 0. The number of nitrogens with one attached hydrogen (secondary N) is 1. The zero-order valence-corrected chi connectivity index (χ0v) is 9.93. The minimum atomic E-state index is 0.0243. The van der Waals surface area contributed by atoms with Gasteiger partial charge >= 0.3 is 0 Å². The molecule has 0 atom stereocenters. The highest BCUT2D eigenvalue weighted by molar-refractivity contribution is 5.51. The second-order valence-electron chi connectivity index (χ2n) is 3.98. The van der Waals surface area contributed by atoms with Crippen LogP contribution in [0.2, 0.25) is 0 Å². The lowest BCUT2D eigenvalue weighted by Gasteiger charge is -2.10. The van der Waals surface area contributed by atoms with Crippen LogP contribution >= 0.6 is 0 Å². The third-order valence-electron chi connectivity index (χ3n) is 2.75. The normalized spacial score (nSPS) is 9.78. The van der Waals surface area contributed by atoms with E-state index < -0.39 is 0 Å². The van der Waals surface area contributed by atoms with E-state index in [1.54, 1.807) is 12.1 Å². The maximum atomic E-state index is 9.21. The molecule has 0 amide bonds. The van der Waals surface area contributed by atoms with Crippen molar-refractivity contribution < 1.29 is 5.11 Å². The SMILES string of the molecule is N#Cc1ccc(CNc2ccccc2CO)cc1. The minimum Gasteiger partial charge on any atom is -0.392 e. The first-order valence-electron chi connectivity index (χ1n) is 5.75. The summed E-state index contributed by atoms with van der Waals surface area (Å²) in [5, 5.41) is 21.2. The molecule has 0 spiro atoms. The Balaban J connectivity index is 2.04. The predicted octanol–water partition coefficient (Wildman–Crippen LogP) is 2.66. The van der Waals surface area contributed by atoms with Gasteiger partial charge in [0.1, 0.15) is 0 Å². The van der Waals surface area contributed by atoms with E-state index in [0.29, 0.717) is 12.1 Å². The number of rotatable bonds is 4. The van der Waals surface area contributed by atoms with E-state index in [1.807, 2.05) is 36.4 Å². The van der Waals surface area contributed by atoms with E-state index in [2.05, 4.69) is 11.4 Å². The molecule has 0 aliphatic rings. The van der Waals surface area contributed by atoms with E-state index in [4.69, 9.17) is 5.26 Å². The molecule has 2 N–H and O–H groups in total. The van der Waals surface area contributed by atoms with Crippen LogP contribution in [0.15, 0.2) is 48.5 Å². The van der Waals surface area contributed by atoms with Gasteiger partial charge in [-0.15, -0.1) is 0 Å². The van der Waals surface area contributed by atoms with Crippen molar-refractivity contribution >= 4 is 5.69 Å². The van der Waals surface area contributed by atoms with Gasteiger partial charge in [-0.3, -0.25) is 0 Å². The Morgan fingerprint density at radius 2 is 1.78 bits per heavy atom. The number of aliphatic hydroxyl groups excluding tert-OH is 1. The maximum Gasteiger partial charge on any atom is 0.0991 e. The smallest absolute Gasteiger partial charge is 0.0991 e. The number of anilines is 1. The van der Waals surface area contributed by atoms with E-state index in [1.165, 1.54) is 0 Å². The molecule has 3 heteroatoms. The van der Waals surface area contributed by atoms with E-state index in [0.717, 1.165) is 16.8 Å². The summed E-state index contributed by atoms with van der Waals surface area (Å²) < 4.78 is 0. The molecule has 3 nitrogen and oxygen atoms in total. The lowest BCUT2D eigenvalue weighted by atomic mass is 10.1. The van der Waals surface area contributed by atoms with Crippen molar-refractivity contribution in [3.63, 3.8) is 0 Å². The first-order chi connectivity index (χ1) is 8.83. The summed E-state index contributed by atoms with van der Waals surface area (Å²) in [7, 11) is 0. The van der Waals surface area contributed by atoms with Gasteiger partial charge < -0.3 is 10.4 Å². The molecule has 18 heavy (non-hydrogen) atoms. The van der Waals surface area contributed by atoms with Crippen molar-refractivity contribution in [2.75, 3.05) is 5.32 Å². The molecule has 0 aliphatic heterocycles. The highest BCUT2D eigenvalue weighted by Crippen LogP contribution is 2.16. The van der Waals surface area contributed by atoms with Gasteiger partial charge in [0, 0.05) is 17.8 Å². The van der Waals surface area contributed by atoms with Gasteiger partial charge in [0.2, 0.25) is 0 Å². The fourth-order valence-electron chi connectivity index (χ4n) is 1.73. The average molecular weight is 238 g/mol. The summed E-state index contributed by atoms with van der Waals surface area (Å²) in [5.41, 5.74) is 3.58. The second-order valence-corrected chi connectivity index (χ2v) is 3.98. The topological polar surface area (TPSA) is 56.0 Å². The summed E-state index contributed by atoms with van der Waals surface area (Å²) in [6, 6.07) is 17.2. The lowest BCUT2D eigenvalue weighted by Crippen LogP contribution is -2.02. The minimum absolute atomic E-state index is 0.0243. The molecule has 0 aliphatic carbocycles. The fourth-order valence-corrected chi connectivity index (χ4v) is 1.73. The maximum absolute atomic E-state index is 9.21. The van der Waals surface area contributed by atoms with Crippen LogP contribution in [0.4, 0.5) is 5.69 Å².